The monoisotopic (exact) mass is 600 g/mol. The fourth-order valence-corrected chi connectivity index (χ4v) is 6.52. The lowest BCUT2D eigenvalue weighted by molar-refractivity contribution is -0.128. The van der Waals surface area contributed by atoms with Crippen LogP contribution < -0.4 is 15.9 Å². The van der Waals surface area contributed by atoms with Crippen LogP contribution in [0.25, 0.3) is 27.7 Å². The number of nitrogens with one attached hydrogen (secondary N) is 1. The van der Waals surface area contributed by atoms with Crippen LogP contribution in [0.1, 0.15) is 44.4 Å². The number of aryl methyl sites for hydroxylation is 1. The zero-order chi connectivity index (χ0) is 31.4. The SMILES string of the molecule is C=CC(=O)N1CC2CCNc3c(F)c(-c4c(O)cccc4F)cc4c3c(nc(=O)n4-c3c(C)ccnc3C(C)C)N2CC1C. The lowest BCUT2D eigenvalue weighted by Crippen LogP contribution is -2.60. The average molecular weight is 601 g/mol. The minimum absolute atomic E-state index is 0.0553. The van der Waals surface area contributed by atoms with Crippen LogP contribution in [0.15, 0.2) is 54.0 Å². The number of aromatic hydroxyl groups is 1. The third kappa shape index (κ3) is 4.58. The zero-order valence-corrected chi connectivity index (χ0v) is 25.1. The molecular formula is C33H34F2N6O3. The number of benzene rings is 2. The van der Waals surface area contributed by atoms with Gasteiger partial charge in [-0.15, -0.1) is 0 Å². The molecule has 2 aliphatic heterocycles. The van der Waals surface area contributed by atoms with Crippen molar-refractivity contribution >= 4 is 28.3 Å². The van der Waals surface area contributed by atoms with Crippen LogP contribution in [0, 0.1) is 18.6 Å². The van der Waals surface area contributed by atoms with Crippen molar-refractivity contribution in [3.63, 3.8) is 0 Å². The van der Waals surface area contributed by atoms with Crippen LogP contribution in [0.3, 0.4) is 0 Å². The van der Waals surface area contributed by atoms with Crippen molar-refractivity contribution in [2.75, 3.05) is 29.9 Å². The summed E-state index contributed by atoms with van der Waals surface area (Å²) >= 11 is 0. The van der Waals surface area contributed by atoms with E-state index < -0.39 is 23.1 Å². The zero-order valence-electron chi connectivity index (χ0n) is 25.1. The van der Waals surface area contributed by atoms with E-state index in [0.29, 0.717) is 42.8 Å². The van der Waals surface area contributed by atoms with E-state index in [1.807, 2.05) is 32.6 Å². The molecule has 9 nitrogen and oxygen atoms in total. The number of hydrogen-bond acceptors (Lipinski definition) is 7. The Morgan fingerprint density at radius 2 is 2.00 bits per heavy atom. The first-order valence-electron chi connectivity index (χ1n) is 14.7. The van der Waals surface area contributed by atoms with Gasteiger partial charge in [0.05, 0.1) is 33.5 Å². The number of carbonyl (C=O) groups excluding carboxylic acids is 1. The lowest BCUT2D eigenvalue weighted by atomic mass is 9.96. The summed E-state index contributed by atoms with van der Waals surface area (Å²) in [4.78, 5) is 39.7. The van der Waals surface area contributed by atoms with E-state index in [4.69, 9.17) is 0 Å². The van der Waals surface area contributed by atoms with Crippen LogP contribution in [-0.2, 0) is 4.79 Å². The third-order valence-corrected chi connectivity index (χ3v) is 8.64. The number of pyridine rings is 1. The molecule has 0 bridgehead atoms. The molecule has 0 saturated carbocycles. The molecule has 2 unspecified atom stereocenters. The average Bonchev–Trinajstić information content (AvgIpc) is 2.97. The summed E-state index contributed by atoms with van der Waals surface area (Å²) in [5.74, 6) is -1.98. The highest BCUT2D eigenvalue weighted by molar-refractivity contribution is 6.04. The Balaban J connectivity index is 1.73. The molecular weight excluding hydrogens is 566 g/mol. The minimum atomic E-state index is -0.804. The molecule has 2 N–H and O–H groups in total. The van der Waals surface area contributed by atoms with Gasteiger partial charge in [-0.05, 0) is 62.1 Å². The van der Waals surface area contributed by atoms with Crippen LogP contribution in [0.4, 0.5) is 20.3 Å². The number of phenols is 1. The second-order valence-corrected chi connectivity index (χ2v) is 11.8. The highest BCUT2D eigenvalue weighted by Crippen LogP contribution is 2.44. The maximum atomic E-state index is 16.7. The fourth-order valence-electron chi connectivity index (χ4n) is 6.52. The molecule has 1 fully saturated rings. The van der Waals surface area contributed by atoms with E-state index in [2.05, 4.69) is 21.9 Å². The Morgan fingerprint density at radius 3 is 2.70 bits per heavy atom. The maximum Gasteiger partial charge on any atom is 0.354 e. The Kier molecular flexibility index (Phi) is 7.35. The summed E-state index contributed by atoms with van der Waals surface area (Å²) in [6.45, 7) is 12.4. The van der Waals surface area contributed by atoms with Crippen molar-refractivity contribution in [2.45, 2.75) is 52.1 Å². The van der Waals surface area contributed by atoms with Crippen molar-refractivity contribution in [1.82, 2.24) is 19.4 Å². The summed E-state index contributed by atoms with van der Waals surface area (Å²) < 4.78 is 33.3. The van der Waals surface area contributed by atoms with Gasteiger partial charge in [-0.2, -0.15) is 4.98 Å². The van der Waals surface area contributed by atoms with E-state index in [-0.39, 0.29) is 52.1 Å². The maximum absolute atomic E-state index is 16.7. The Labute approximate surface area is 253 Å². The molecule has 4 heterocycles. The van der Waals surface area contributed by atoms with E-state index in [1.165, 1.54) is 28.8 Å². The van der Waals surface area contributed by atoms with Crippen LogP contribution >= 0.6 is 0 Å². The van der Waals surface area contributed by atoms with Gasteiger partial charge >= 0.3 is 5.69 Å². The molecule has 11 heteroatoms. The van der Waals surface area contributed by atoms with E-state index in [1.54, 1.807) is 17.2 Å². The molecule has 2 aromatic carbocycles. The Hall–Kier alpha value is -4.80. The molecule has 0 radical (unpaired) electrons. The topological polar surface area (TPSA) is 104 Å². The van der Waals surface area contributed by atoms with E-state index >= 15 is 8.78 Å². The summed E-state index contributed by atoms with van der Waals surface area (Å²) in [7, 11) is 0. The molecule has 0 aliphatic carbocycles. The smallest absolute Gasteiger partial charge is 0.354 e. The fraction of sp³-hybridized carbons (Fsp3) is 0.333. The Bertz CT molecular complexity index is 1870. The molecule has 2 aliphatic rings. The van der Waals surface area contributed by atoms with Crippen LogP contribution in [0.5, 0.6) is 5.75 Å². The molecule has 2 atom stereocenters. The largest absolute Gasteiger partial charge is 0.507 e. The number of rotatable bonds is 4. The number of hydrogen-bond donors (Lipinski definition) is 2. The number of amides is 1. The predicted octanol–water partition coefficient (Wildman–Crippen LogP) is 5.27. The van der Waals surface area contributed by atoms with Gasteiger partial charge in [0.2, 0.25) is 5.91 Å². The molecule has 4 aromatic rings. The predicted molar refractivity (Wildman–Crippen MR) is 167 cm³/mol. The van der Waals surface area contributed by atoms with Gasteiger partial charge < -0.3 is 20.2 Å². The number of carbonyl (C=O) groups is 1. The number of aromatic nitrogens is 3. The quantitative estimate of drug-likeness (QED) is 0.308. The number of anilines is 2. The first kappa shape index (κ1) is 29.3. The number of piperazine rings is 1. The van der Waals surface area contributed by atoms with Crippen molar-refractivity contribution in [3.8, 4) is 22.6 Å². The molecule has 2 aromatic heterocycles. The standard InChI is InChI=1S/C33H34F2N6O3/c1-6-25(43)39-16-20-11-13-37-30-27-23(14-21(28(30)35)26-22(34)8-7-9-24(26)42)41(31-18(4)10-12-36-29(31)17(2)3)33(44)38-32(27)40(20)15-19(39)5/h6-10,12,14,17,19-20,37,42H,1,11,13,15-16H2,2-5H3. The molecule has 228 valence electrons. The molecule has 6 rings (SSSR count). The second kappa shape index (κ2) is 11.0. The number of halogens is 2. The van der Waals surface area contributed by atoms with Crippen LogP contribution in [-0.4, -0.2) is 62.2 Å². The second-order valence-electron chi connectivity index (χ2n) is 11.8. The van der Waals surface area contributed by atoms with Crippen molar-refractivity contribution < 1.29 is 18.7 Å². The highest BCUT2D eigenvalue weighted by atomic mass is 19.1. The summed E-state index contributed by atoms with van der Waals surface area (Å²) in [6.07, 6.45) is 3.47. The minimum Gasteiger partial charge on any atom is -0.507 e. The van der Waals surface area contributed by atoms with Crippen molar-refractivity contribution in [3.05, 3.63) is 82.6 Å². The third-order valence-electron chi connectivity index (χ3n) is 8.64. The van der Waals surface area contributed by atoms with Gasteiger partial charge in [0.1, 0.15) is 17.4 Å². The lowest BCUT2D eigenvalue weighted by Gasteiger charge is -2.46. The van der Waals surface area contributed by atoms with Gasteiger partial charge in [-0.3, -0.25) is 14.3 Å². The van der Waals surface area contributed by atoms with E-state index in [9.17, 15) is 14.7 Å². The van der Waals surface area contributed by atoms with Gasteiger partial charge in [-0.25, -0.2) is 13.6 Å². The van der Waals surface area contributed by atoms with E-state index in [0.717, 1.165) is 11.6 Å². The first-order chi connectivity index (χ1) is 21.0. The number of phenolic OH excluding ortho intramolecular Hbond substituents is 1. The first-order valence-corrected chi connectivity index (χ1v) is 14.7. The number of fused-ring (bicyclic) bond motifs is 2. The normalized spacial score (nSPS) is 18.1. The summed E-state index contributed by atoms with van der Waals surface area (Å²) in [6, 6.07) is 6.53. The molecule has 0 spiro atoms. The van der Waals surface area contributed by atoms with Gasteiger partial charge in [-0.1, -0.05) is 26.5 Å². The van der Waals surface area contributed by atoms with Crippen LogP contribution in [0.2, 0.25) is 0 Å². The summed E-state index contributed by atoms with van der Waals surface area (Å²) in [5.41, 5.74) is 1.15. The Morgan fingerprint density at radius 1 is 1.23 bits per heavy atom. The summed E-state index contributed by atoms with van der Waals surface area (Å²) in [5, 5.41) is 14.2. The van der Waals surface area contributed by atoms with Crippen molar-refractivity contribution in [2.24, 2.45) is 0 Å². The van der Waals surface area contributed by atoms with Crippen molar-refractivity contribution in [1.29, 1.82) is 0 Å². The van der Waals surface area contributed by atoms with Gasteiger partial charge in [0, 0.05) is 43.5 Å². The molecule has 44 heavy (non-hydrogen) atoms. The molecule has 1 saturated heterocycles. The van der Waals surface area contributed by atoms with Gasteiger partial charge in [0.25, 0.3) is 0 Å². The highest BCUT2D eigenvalue weighted by Gasteiger charge is 2.38. The van der Waals surface area contributed by atoms with Gasteiger partial charge in [0.15, 0.2) is 5.82 Å². The number of nitrogens with zero attached hydrogens (tertiary/aromatic N) is 5. The molecule has 1 amide bonds.